The van der Waals surface area contributed by atoms with Crippen LogP contribution in [0.1, 0.15) is 21.5 Å². The first-order chi connectivity index (χ1) is 17.0. The number of nitrogens with one attached hydrogen (secondary N) is 1. The molecule has 0 radical (unpaired) electrons. The molecule has 0 aliphatic carbocycles. The summed E-state index contributed by atoms with van der Waals surface area (Å²) in [6.45, 7) is 4.64. The Morgan fingerprint density at radius 3 is 2.23 bits per heavy atom. The maximum Gasteiger partial charge on any atom is 0.317 e. The fraction of sp³-hybridized carbons (Fsp3) is 0.179. The fourth-order valence-electron chi connectivity index (χ4n) is 4.10. The number of carbonyl (C=O) groups is 1. The third-order valence-corrected chi connectivity index (χ3v) is 5.88. The second-order valence-electron chi connectivity index (χ2n) is 8.10. The van der Waals surface area contributed by atoms with Crippen LogP contribution in [-0.2, 0) is 19.5 Å². The van der Waals surface area contributed by atoms with Crippen LogP contribution in [0.5, 0.6) is 5.75 Å². The maximum atomic E-state index is 12.9. The van der Waals surface area contributed by atoms with Crippen LogP contribution in [0.4, 0.5) is 0 Å². The van der Waals surface area contributed by atoms with Crippen molar-refractivity contribution < 1.29 is 9.53 Å². The number of benzene rings is 3. The van der Waals surface area contributed by atoms with Gasteiger partial charge in [0.15, 0.2) is 0 Å². The molecule has 35 heavy (non-hydrogen) atoms. The Kier molecular flexibility index (Phi) is 7.26. The highest BCUT2D eigenvalue weighted by molar-refractivity contribution is 5.94. The summed E-state index contributed by atoms with van der Waals surface area (Å²) < 4.78 is 8.25. The number of carbonyl (C=O) groups excluding carboxylic acids is 1. The lowest BCUT2D eigenvalue weighted by atomic mass is 10.1. The van der Waals surface area contributed by atoms with Crippen LogP contribution in [0.2, 0.25) is 0 Å². The molecule has 0 unspecified atom stereocenters. The first kappa shape index (κ1) is 23.8. The molecule has 0 aliphatic rings. The molecule has 4 aromatic rings. The number of methoxy groups -OCH3 is 1. The number of amides is 1. The number of para-hydroxylation sites is 3. The van der Waals surface area contributed by atoms with Crippen molar-refractivity contribution in [3.8, 4) is 5.75 Å². The minimum absolute atomic E-state index is 0.180. The van der Waals surface area contributed by atoms with Gasteiger partial charge in [0.2, 0.25) is 0 Å². The van der Waals surface area contributed by atoms with Gasteiger partial charge in [-0.2, -0.15) is 0 Å². The van der Waals surface area contributed by atoms with Gasteiger partial charge >= 0.3 is 11.1 Å². The molecule has 1 amide bonds. The minimum Gasteiger partial charge on any atom is -0.496 e. The molecule has 3 aromatic carbocycles. The largest absolute Gasteiger partial charge is 0.496 e. The molecular formula is C28H27N3O4. The molecule has 0 saturated heterocycles. The van der Waals surface area contributed by atoms with Crippen LogP contribution in [0.3, 0.4) is 0 Å². The summed E-state index contributed by atoms with van der Waals surface area (Å²) in [6.07, 6.45) is 2.25. The lowest BCUT2D eigenvalue weighted by Gasteiger charge is -2.14. The van der Waals surface area contributed by atoms with E-state index >= 15 is 0 Å². The molecule has 1 aromatic heterocycles. The van der Waals surface area contributed by atoms with Gasteiger partial charge < -0.3 is 10.1 Å². The molecule has 7 nitrogen and oxygen atoms in total. The standard InChI is InChI=1S/C28H27N3O4/c1-3-18-30-23-9-5-6-10-24(23)31(28(34)27(30)33)19-20-12-14-22(15-13-20)26(32)29-17-16-21-8-4-7-11-25(21)35-2/h3-15H,1,16-19H2,2H3,(H,29,32). The topological polar surface area (TPSA) is 82.3 Å². The van der Waals surface area contributed by atoms with Crippen LogP contribution in [0, 0.1) is 0 Å². The Morgan fingerprint density at radius 2 is 1.54 bits per heavy atom. The number of hydrogen-bond acceptors (Lipinski definition) is 4. The molecular weight excluding hydrogens is 442 g/mol. The number of ether oxygens (including phenoxy) is 1. The smallest absolute Gasteiger partial charge is 0.317 e. The average molecular weight is 470 g/mol. The van der Waals surface area contributed by atoms with Crippen LogP contribution < -0.4 is 21.2 Å². The first-order valence-electron chi connectivity index (χ1n) is 11.4. The summed E-state index contributed by atoms with van der Waals surface area (Å²) >= 11 is 0. The van der Waals surface area contributed by atoms with E-state index in [9.17, 15) is 14.4 Å². The molecule has 0 saturated carbocycles. The molecule has 0 atom stereocenters. The third-order valence-electron chi connectivity index (χ3n) is 5.88. The average Bonchev–Trinajstić information content (AvgIpc) is 2.89. The number of hydrogen-bond donors (Lipinski definition) is 1. The number of fused-ring (bicyclic) bond motifs is 1. The van der Waals surface area contributed by atoms with Gasteiger partial charge in [0.25, 0.3) is 5.91 Å². The molecule has 4 rings (SSSR count). The van der Waals surface area contributed by atoms with Crippen LogP contribution in [0.25, 0.3) is 11.0 Å². The maximum absolute atomic E-state index is 12.9. The van der Waals surface area contributed by atoms with Crippen molar-refractivity contribution in [1.82, 2.24) is 14.5 Å². The first-order valence-corrected chi connectivity index (χ1v) is 11.4. The summed E-state index contributed by atoms with van der Waals surface area (Å²) in [7, 11) is 1.63. The van der Waals surface area contributed by atoms with Gasteiger partial charge in [-0.05, 0) is 47.9 Å². The lowest BCUT2D eigenvalue weighted by Crippen LogP contribution is -2.41. The van der Waals surface area contributed by atoms with E-state index < -0.39 is 11.1 Å². The fourth-order valence-corrected chi connectivity index (χ4v) is 4.10. The summed E-state index contributed by atoms with van der Waals surface area (Å²) in [6, 6.07) is 22.1. The molecule has 0 spiro atoms. The van der Waals surface area contributed by atoms with Crippen molar-refractivity contribution in [2.45, 2.75) is 19.5 Å². The Bertz CT molecular complexity index is 1480. The highest BCUT2D eigenvalue weighted by Crippen LogP contribution is 2.17. The normalized spacial score (nSPS) is 10.8. The zero-order valence-corrected chi connectivity index (χ0v) is 19.6. The Hall–Kier alpha value is -4.39. The van der Waals surface area contributed by atoms with Gasteiger partial charge in [0.1, 0.15) is 5.75 Å². The third kappa shape index (κ3) is 5.09. The quantitative estimate of drug-likeness (QED) is 0.301. The Balaban J connectivity index is 1.49. The van der Waals surface area contributed by atoms with E-state index in [-0.39, 0.29) is 19.0 Å². The molecule has 0 fully saturated rings. The Labute approximate surface area is 202 Å². The monoisotopic (exact) mass is 469 g/mol. The second-order valence-corrected chi connectivity index (χ2v) is 8.10. The van der Waals surface area contributed by atoms with Crippen LogP contribution in [-0.4, -0.2) is 28.7 Å². The SMILES string of the molecule is C=CCn1c(=O)c(=O)n(Cc2ccc(C(=O)NCCc3ccccc3OC)cc2)c2ccccc21. The number of allylic oxidation sites excluding steroid dienone is 1. The lowest BCUT2D eigenvalue weighted by molar-refractivity contribution is 0.0954. The van der Waals surface area contributed by atoms with Crippen LogP contribution in [0.15, 0.2) is 95.0 Å². The summed E-state index contributed by atoms with van der Waals surface area (Å²) in [5.41, 5.74) is 2.51. The molecule has 1 N–H and O–H groups in total. The van der Waals surface area contributed by atoms with Crippen LogP contribution >= 0.6 is 0 Å². The predicted molar refractivity (Wildman–Crippen MR) is 137 cm³/mol. The second kappa shape index (κ2) is 10.7. The number of nitrogens with zero attached hydrogens (tertiary/aromatic N) is 2. The van der Waals surface area contributed by atoms with Gasteiger partial charge in [-0.25, -0.2) is 0 Å². The molecule has 0 bridgehead atoms. The van der Waals surface area contributed by atoms with E-state index in [1.165, 1.54) is 9.13 Å². The molecule has 178 valence electrons. The van der Waals surface area contributed by atoms with E-state index in [0.717, 1.165) is 16.9 Å². The zero-order chi connectivity index (χ0) is 24.8. The van der Waals surface area contributed by atoms with Gasteiger partial charge in [-0.15, -0.1) is 6.58 Å². The Morgan fingerprint density at radius 1 is 0.914 bits per heavy atom. The van der Waals surface area contributed by atoms with Crippen molar-refractivity contribution in [3.05, 3.63) is 123 Å². The van der Waals surface area contributed by atoms with Gasteiger partial charge in [0.05, 0.1) is 24.7 Å². The van der Waals surface area contributed by atoms with Crippen molar-refractivity contribution >= 4 is 16.9 Å². The van der Waals surface area contributed by atoms with E-state index in [1.54, 1.807) is 37.5 Å². The molecule has 0 aliphatic heterocycles. The van der Waals surface area contributed by atoms with Gasteiger partial charge in [-0.1, -0.05) is 48.5 Å². The van der Waals surface area contributed by atoms with E-state index in [2.05, 4.69) is 11.9 Å². The van der Waals surface area contributed by atoms with Crippen molar-refractivity contribution in [2.24, 2.45) is 0 Å². The van der Waals surface area contributed by atoms with Crippen molar-refractivity contribution in [3.63, 3.8) is 0 Å². The summed E-state index contributed by atoms with van der Waals surface area (Å²) in [5, 5.41) is 2.93. The summed E-state index contributed by atoms with van der Waals surface area (Å²) in [5.74, 6) is 0.618. The summed E-state index contributed by atoms with van der Waals surface area (Å²) in [4.78, 5) is 38.1. The molecule has 7 heteroatoms. The van der Waals surface area contributed by atoms with Gasteiger partial charge in [0, 0.05) is 18.7 Å². The van der Waals surface area contributed by atoms with E-state index in [0.29, 0.717) is 29.6 Å². The van der Waals surface area contributed by atoms with E-state index in [4.69, 9.17) is 4.74 Å². The zero-order valence-electron chi connectivity index (χ0n) is 19.6. The van der Waals surface area contributed by atoms with Gasteiger partial charge in [-0.3, -0.25) is 23.5 Å². The minimum atomic E-state index is -0.594. The number of aromatic nitrogens is 2. The molecule has 1 heterocycles. The predicted octanol–water partition coefficient (Wildman–Crippen LogP) is 3.38. The van der Waals surface area contributed by atoms with Crippen molar-refractivity contribution in [2.75, 3.05) is 13.7 Å². The van der Waals surface area contributed by atoms with E-state index in [1.807, 2.05) is 48.5 Å². The number of rotatable bonds is 9. The highest BCUT2D eigenvalue weighted by Gasteiger charge is 2.13. The highest BCUT2D eigenvalue weighted by atomic mass is 16.5. The van der Waals surface area contributed by atoms with Crippen molar-refractivity contribution in [1.29, 1.82) is 0 Å².